The summed E-state index contributed by atoms with van der Waals surface area (Å²) in [5.74, 6) is 1.91. The summed E-state index contributed by atoms with van der Waals surface area (Å²) in [6.07, 6.45) is 2.78. The van der Waals surface area contributed by atoms with Crippen LogP contribution in [0.4, 0.5) is 0 Å². The van der Waals surface area contributed by atoms with Crippen molar-refractivity contribution in [3.63, 3.8) is 0 Å². The molecular weight excluding hydrogens is 304 g/mol. The van der Waals surface area contributed by atoms with E-state index in [1.165, 1.54) is 0 Å². The van der Waals surface area contributed by atoms with Gasteiger partial charge in [-0.05, 0) is 25.2 Å². The lowest BCUT2D eigenvalue weighted by molar-refractivity contribution is -0.134. The fraction of sp³-hybridized carbons (Fsp3) is 0.421. The van der Waals surface area contributed by atoms with Gasteiger partial charge >= 0.3 is 0 Å². The summed E-state index contributed by atoms with van der Waals surface area (Å²) >= 11 is 0. The number of piperazine rings is 1. The SMILES string of the molecule is COc1ccccc1C1CN(C(=O)CCc2ccco2)CCN1C. The zero-order valence-corrected chi connectivity index (χ0v) is 14.3. The molecule has 1 aliphatic heterocycles. The highest BCUT2D eigenvalue weighted by atomic mass is 16.5. The van der Waals surface area contributed by atoms with E-state index in [-0.39, 0.29) is 11.9 Å². The number of benzene rings is 1. The molecule has 2 heterocycles. The second kappa shape index (κ2) is 7.53. The number of likely N-dealkylation sites (N-methyl/N-ethyl adjacent to an activating group) is 1. The Morgan fingerprint density at radius 1 is 1.25 bits per heavy atom. The van der Waals surface area contributed by atoms with Crippen molar-refractivity contribution in [2.24, 2.45) is 0 Å². The third-order valence-corrected chi connectivity index (χ3v) is 4.66. The fourth-order valence-corrected chi connectivity index (χ4v) is 3.22. The van der Waals surface area contributed by atoms with E-state index in [0.717, 1.165) is 30.2 Å². The molecule has 1 aromatic carbocycles. The number of nitrogens with zero attached hydrogens (tertiary/aromatic N) is 2. The van der Waals surface area contributed by atoms with E-state index in [1.54, 1.807) is 13.4 Å². The summed E-state index contributed by atoms with van der Waals surface area (Å²) in [6, 6.07) is 12.0. The number of aryl methyl sites for hydroxylation is 1. The average Bonchev–Trinajstić information content (AvgIpc) is 3.13. The zero-order valence-electron chi connectivity index (χ0n) is 14.3. The van der Waals surface area contributed by atoms with Crippen molar-refractivity contribution in [3.05, 3.63) is 54.0 Å². The van der Waals surface area contributed by atoms with Crippen molar-refractivity contribution >= 4 is 5.91 Å². The van der Waals surface area contributed by atoms with Gasteiger partial charge in [0.05, 0.1) is 19.4 Å². The minimum atomic E-state index is 0.155. The number of carbonyl (C=O) groups excluding carboxylic acids is 1. The molecule has 5 nitrogen and oxygen atoms in total. The molecule has 0 bridgehead atoms. The lowest BCUT2D eigenvalue weighted by Crippen LogP contribution is -2.49. The number of ether oxygens (including phenoxy) is 1. The number of furan rings is 1. The molecule has 24 heavy (non-hydrogen) atoms. The van der Waals surface area contributed by atoms with Crippen LogP contribution in [0.2, 0.25) is 0 Å². The molecule has 128 valence electrons. The number of carbonyl (C=O) groups is 1. The van der Waals surface area contributed by atoms with Gasteiger partial charge in [-0.3, -0.25) is 9.69 Å². The normalized spacial score (nSPS) is 18.6. The molecule has 2 aromatic rings. The van der Waals surface area contributed by atoms with Crippen molar-refractivity contribution < 1.29 is 13.9 Å². The van der Waals surface area contributed by atoms with Crippen LogP contribution in [0.1, 0.15) is 23.8 Å². The second-order valence-corrected chi connectivity index (χ2v) is 6.16. The van der Waals surface area contributed by atoms with Crippen LogP contribution in [0.15, 0.2) is 47.1 Å². The maximum absolute atomic E-state index is 12.6. The van der Waals surface area contributed by atoms with Gasteiger partial charge in [0.15, 0.2) is 0 Å². The van der Waals surface area contributed by atoms with E-state index in [9.17, 15) is 4.79 Å². The maximum atomic E-state index is 12.6. The Morgan fingerprint density at radius 3 is 2.83 bits per heavy atom. The number of para-hydroxylation sites is 1. The monoisotopic (exact) mass is 328 g/mol. The van der Waals surface area contributed by atoms with Gasteiger partial charge in [0.25, 0.3) is 0 Å². The largest absolute Gasteiger partial charge is 0.496 e. The Bertz CT molecular complexity index is 669. The molecular formula is C19H24N2O3. The van der Waals surface area contributed by atoms with Gasteiger partial charge in [-0.25, -0.2) is 0 Å². The first-order valence-corrected chi connectivity index (χ1v) is 8.32. The fourth-order valence-electron chi connectivity index (χ4n) is 3.22. The predicted molar refractivity (Wildman–Crippen MR) is 92.0 cm³/mol. The van der Waals surface area contributed by atoms with Gasteiger partial charge in [0.1, 0.15) is 11.5 Å². The van der Waals surface area contributed by atoms with Crippen LogP contribution in [0.5, 0.6) is 5.75 Å². The van der Waals surface area contributed by atoms with Crippen molar-refractivity contribution in [3.8, 4) is 5.75 Å². The van der Waals surface area contributed by atoms with Crippen molar-refractivity contribution in [1.29, 1.82) is 0 Å². The lowest BCUT2D eigenvalue weighted by atomic mass is 10.0. The third kappa shape index (κ3) is 3.62. The Hall–Kier alpha value is -2.27. The smallest absolute Gasteiger partial charge is 0.223 e. The summed E-state index contributed by atoms with van der Waals surface area (Å²) in [5, 5.41) is 0. The predicted octanol–water partition coefficient (Wildman–Crippen LogP) is 2.74. The minimum absolute atomic E-state index is 0.155. The van der Waals surface area contributed by atoms with Crippen LogP contribution < -0.4 is 4.74 Å². The van der Waals surface area contributed by atoms with Gasteiger partial charge in [-0.15, -0.1) is 0 Å². The molecule has 1 saturated heterocycles. The standard InChI is InChI=1S/C19H24N2O3/c1-20-11-12-21(19(22)10-9-15-6-5-13-24-15)14-17(20)16-7-3-4-8-18(16)23-2/h3-8,13,17H,9-12,14H2,1-2H3. The van der Waals surface area contributed by atoms with E-state index in [4.69, 9.17) is 9.15 Å². The van der Waals surface area contributed by atoms with Crippen LogP contribution in [0, 0.1) is 0 Å². The topological polar surface area (TPSA) is 45.9 Å². The third-order valence-electron chi connectivity index (χ3n) is 4.66. The van der Waals surface area contributed by atoms with Gasteiger partial charge in [-0.1, -0.05) is 18.2 Å². The second-order valence-electron chi connectivity index (χ2n) is 6.16. The van der Waals surface area contributed by atoms with Gasteiger partial charge in [0, 0.05) is 38.0 Å². The number of methoxy groups -OCH3 is 1. The van der Waals surface area contributed by atoms with E-state index >= 15 is 0 Å². The Labute approximate surface area is 142 Å². The van der Waals surface area contributed by atoms with Crippen LogP contribution in [-0.4, -0.2) is 49.5 Å². The van der Waals surface area contributed by atoms with Gasteiger partial charge in [0.2, 0.25) is 5.91 Å². The molecule has 0 N–H and O–H groups in total. The molecule has 1 aliphatic rings. The first kappa shape index (κ1) is 16.6. The summed E-state index contributed by atoms with van der Waals surface area (Å²) in [4.78, 5) is 16.8. The molecule has 1 unspecified atom stereocenters. The number of hydrogen-bond acceptors (Lipinski definition) is 4. The first-order valence-electron chi connectivity index (χ1n) is 8.32. The van der Waals surface area contributed by atoms with Crippen LogP contribution in [-0.2, 0) is 11.2 Å². The molecule has 1 atom stereocenters. The first-order chi connectivity index (χ1) is 11.7. The highest BCUT2D eigenvalue weighted by molar-refractivity contribution is 5.76. The van der Waals surface area contributed by atoms with Crippen molar-refractivity contribution in [2.75, 3.05) is 33.8 Å². The molecule has 0 spiro atoms. The molecule has 5 heteroatoms. The summed E-state index contributed by atoms with van der Waals surface area (Å²) < 4.78 is 10.8. The number of amides is 1. The molecule has 1 aromatic heterocycles. The van der Waals surface area contributed by atoms with Gasteiger partial charge in [-0.2, -0.15) is 0 Å². The Balaban J connectivity index is 1.67. The number of hydrogen-bond donors (Lipinski definition) is 0. The van der Waals surface area contributed by atoms with E-state index in [1.807, 2.05) is 35.2 Å². The Morgan fingerprint density at radius 2 is 2.08 bits per heavy atom. The van der Waals surface area contributed by atoms with Crippen molar-refractivity contribution in [1.82, 2.24) is 9.80 Å². The molecule has 0 radical (unpaired) electrons. The van der Waals surface area contributed by atoms with E-state index in [0.29, 0.717) is 19.4 Å². The Kier molecular flexibility index (Phi) is 5.20. The lowest BCUT2D eigenvalue weighted by Gasteiger charge is -2.40. The van der Waals surface area contributed by atoms with Crippen molar-refractivity contribution in [2.45, 2.75) is 18.9 Å². The summed E-state index contributed by atoms with van der Waals surface area (Å²) in [7, 11) is 3.79. The van der Waals surface area contributed by atoms with E-state index in [2.05, 4.69) is 18.0 Å². The minimum Gasteiger partial charge on any atom is -0.496 e. The molecule has 3 rings (SSSR count). The summed E-state index contributed by atoms with van der Waals surface area (Å²) in [5.41, 5.74) is 1.13. The maximum Gasteiger partial charge on any atom is 0.223 e. The zero-order chi connectivity index (χ0) is 16.9. The molecule has 0 aliphatic carbocycles. The molecule has 0 saturated carbocycles. The van der Waals surface area contributed by atoms with Crippen LogP contribution >= 0.6 is 0 Å². The average molecular weight is 328 g/mol. The molecule has 1 amide bonds. The quantitative estimate of drug-likeness (QED) is 0.847. The van der Waals surface area contributed by atoms with Crippen LogP contribution in [0.25, 0.3) is 0 Å². The highest BCUT2D eigenvalue weighted by Crippen LogP contribution is 2.31. The summed E-state index contributed by atoms with van der Waals surface area (Å²) in [6.45, 7) is 2.31. The van der Waals surface area contributed by atoms with E-state index < -0.39 is 0 Å². The van der Waals surface area contributed by atoms with Crippen LogP contribution in [0.3, 0.4) is 0 Å². The van der Waals surface area contributed by atoms with Gasteiger partial charge < -0.3 is 14.1 Å². The molecule has 1 fully saturated rings. The number of rotatable bonds is 5. The highest BCUT2D eigenvalue weighted by Gasteiger charge is 2.29.